The van der Waals surface area contributed by atoms with Gasteiger partial charge >= 0.3 is 0 Å². The molecule has 8 heteroatoms. The van der Waals surface area contributed by atoms with Crippen LogP contribution >= 0.6 is 11.8 Å². The van der Waals surface area contributed by atoms with Crippen LogP contribution in [0, 0.1) is 6.92 Å². The number of hydrogen-bond acceptors (Lipinski definition) is 5. The number of hydrogen-bond donors (Lipinski definition) is 2. The molecule has 114 valence electrons. The lowest BCUT2D eigenvalue weighted by Crippen LogP contribution is -2.48. The Morgan fingerprint density at radius 2 is 2.20 bits per heavy atom. The molecule has 2 rings (SSSR count). The summed E-state index contributed by atoms with van der Waals surface area (Å²) in [5, 5.41) is 10.3. The second kappa shape index (κ2) is 6.05. The van der Waals surface area contributed by atoms with E-state index >= 15 is 0 Å². The highest BCUT2D eigenvalue weighted by Gasteiger charge is 2.37. The van der Waals surface area contributed by atoms with Gasteiger partial charge in [0.1, 0.15) is 0 Å². The predicted octanol–water partition coefficient (Wildman–Crippen LogP) is 0.952. The molecule has 1 aliphatic rings. The first-order valence-corrected chi connectivity index (χ1v) is 9.20. The number of H-pyrrole nitrogens is 1. The second-order valence-corrected chi connectivity index (χ2v) is 8.39. The van der Waals surface area contributed by atoms with Gasteiger partial charge in [-0.3, -0.25) is 5.10 Å². The summed E-state index contributed by atoms with van der Waals surface area (Å²) in [7, 11) is -1.74. The number of sulfonamides is 1. The normalized spacial score (nSPS) is 25.0. The van der Waals surface area contributed by atoms with E-state index in [2.05, 4.69) is 22.4 Å². The van der Waals surface area contributed by atoms with Gasteiger partial charge in [0.2, 0.25) is 0 Å². The molecule has 0 amide bonds. The molecule has 2 N–H and O–H groups in total. The molecule has 2 unspecified atom stereocenters. The van der Waals surface area contributed by atoms with Gasteiger partial charge in [0.15, 0.2) is 5.03 Å². The number of aryl methyl sites for hydroxylation is 1. The molecule has 0 aliphatic carbocycles. The van der Waals surface area contributed by atoms with E-state index in [0.29, 0.717) is 18.3 Å². The highest BCUT2D eigenvalue weighted by Crippen LogP contribution is 2.30. The van der Waals surface area contributed by atoms with Gasteiger partial charge in [0, 0.05) is 41.4 Å². The van der Waals surface area contributed by atoms with Crippen LogP contribution in [0.1, 0.15) is 25.1 Å². The van der Waals surface area contributed by atoms with Gasteiger partial charge in [-0.2, -0.15) is 21.2 Å². The van der Waals surface area contributed by atoms with Crippen molar-refractivity contribution in [2.75, 3.05) is 19.3 Å². The van der Waals surface area contributed by atoms with Crippen LogP contribution < -0.4 is 5.32 Å². The standard InChI is InChI=1S/C12H22N4O2S2/c1-8-11(7-13-4)12(15-14-8)20(17,18)16-5-6-19-10(3)9(16)2/h9-10,13H,5-7H2,1-4H3,(H,14,15). The van der Waals surface area contributed by atoms with E-state index in [4.69, 9.17) is 0 Å². The summed E-state index contributed by atoms with van der Waals surface area (Å²) in [4.78, 5) is 0. The second-order valence-electron chi connectivity index (χ2n) is 5.09. The van der Waals surface area contributed by atoms with E-state index in [1.54, 1.807) is 11.4 Å². The topological polar surface area (TPSA) is 78.1 Å². The van der Waals surface area contributed by atoms with Crippen LogP contribution in [0.3, 0.4) is 0 Å². The number of nitrogens with zero attached hydrogens (tertiary/aromatic N) is 2. The minimum absolute atomic E-state index is 0.0156. The van der Waals surface area contributed by atoms with Crippen LogP contribution in [0.4, 0.5) is 0 Å². The quantitative estimate of drug-likeness (QED) is 0.864. The lowest BCUT2D eigenvalue weighted by molar-refractivity contribution is 0.338. The highest BCUT2D eigenvalue weighted by atomic mass is 32.2. The monoisotopic (exact) mass is 318 g/mol. The zero-order valence-corrected chi connectivity index (χ0v) is 13.9. The van der Waals surface area contributed by atoms with Crippen molar-refractivity contribution in [1.29, 1.82) is 0 Å². The summed E-state index contributed by atoms with van der Waals surface area (Å²) < 4.78 is 27.3. The van der Waals surface area contributed by atoms with Crippen molar-refractivity contribution in [1.82, 2.24) is 19.8 Å². The van der Waals surface area contributed by atoms with Gasteiger partial charge in [0.05, 0.1) is 0 Å². The van der Waals surface area contributed by atoms with Crippen LogP contribution in [-0.4, -0.2) is 53.6 Å². The van der Waals surface area contributed by atoms with Gasteiger partial charge in [-0.05, 0) is 20.9 Å². The third-order valence-corrected chi connectivity index (χ3v) is 7.07. The van der Waals surface area contributed by atoms with Crippen LogP contribution in [-0.2, 0) is 16.6 Å². The number of nitrogens with one attached hydrogen (secondary N) is 2. The summed E-state index contributed by atoms with van der Waals surface area (Å²) in [6.45, 7) is 6.91. The molecule has 6 nitrogen and oxygen atoms in total. The number of aromatic nitrogens is 2. The molecule has 2 atom stereocenters. The Labute approximate surface area is 124 Å². The summed E-state index contributed by atoms with van der Waals surface area (Å²) in [6.07, 6.45) is 0. The minimum atomic E-state index is -3.54. The molecular weight excluding hydrogens is 296 g/mol. The van der Waals surface area contributed by atoms with E-state index < -0.39 is 10.0 Å². The fourth-order valence-corrected chi connectivity index (χ4v) is 5.55. The maximum atomic E-state index is 12.9. The van der Waals surface area contributed by atoms with Crippen molar-refractivity contribution in [3.8, 4) is 0 Å². The molecule has 0 saturated carbocycles. The minimum Gasteiger partial charge on any atom is -0.316 e. The summed E-state index contributed by atoms with van der Waals surface area (Å²) in [5.41, 5.74) is 1.52. The Kier molecular flexibility index (Phi) is 4.78. The molecule has 1 saturated heterocycles. The van der Waals surface area contributed by atoms with Gasteiger partial charge in [-0.1, -0.05) is 6.92 Å². The molecule has 1 aromatic heterocycles. The van der Waals surface area contributed by atoms with Gasteiger partial charge < -0.3 is 5.32 Å². The third-order valence-electron chi connectivity index (χ3n) is 3.77. The van der Waals surface area contributed by atoms with Crippen molar-refractivity contribution < 1.29 is 8.42 Å². The van der Waals surface area contributed by atoms with Crippen molar-refractivity contribution >= 4 is 21.8 Å². The zero-order chi connectivity index (χ0) is 14.9. The molecule has 1 aromatic rings. The first-order valence-electron chi connectivity index (χ1n) is 6.71. The molecule has 0 radical (unpaired) electrons. The molecule has 0 bridgehead atoms. The summed E-state index contributed by atoms with van der Waals surface area (Å²) in [5.74, 6) is 0.829. The maximum absolute atomic E-state index is 12.9. The number of rotatable bonds is 4. The maximum Gasteiger partial charge on any atom is 0.263 e. The van der Waals surface area contributed by atoms with Crippen molar-refractivity contribution in [2.45, 2.75) is 43.6 Å². The van der Waals surface area contributed by atoms with Gasteiger partial charge in [-0.15, -0.1) is 0 Å². The molecular formula is C12H22N4O2S2. The Hall–Kier alpha value is -0.570. The number of aromatic amines is 1. The molecule has 1 aliphatic heterocycles. The van der Waals surface area contributed by atoms with Crippen LogP contribution in [0.5, 0.6) is 0 Å². The smallest absolute Gasteiger partial charge is 0.263 e. The fourth-order valence-electron chi connectivity index (χ4n) is 2.38. The van der Waals surface area contributed by atoms with Crippen molar-refractivity contribution in [2.24, 2.45) is 0 Å². The van der Waals surface area contributed by atoms with Crippen molar-refractivity contribution in [3.63, 3.8) is 0 Å². The van der Waals surface area contributed by atoms with E-state index in [-0.39, 0.29) is 11.1 Å². The number of thioether (sulfide) groups is 1. The fraction of sp³-hybridized carbons (Fsp3) is 0.750. The SMILES string of the molecule is CNCc1c(S(=O)(=O)N2CCSC(C)C2C)n[nH]c1C. The third kappa shape index (κ3) is 2.74. The Balaban J connectivity index is 2.40. The van der Waals surface area contributed by atoms with Crippen LogP contribution in [0.25, 0.3) is 0 Å². The molecule has 2 heterocycles. The zero-order valence-electron chi connectivity index (χ0n) is 12.3. The summed E-state index contributed by atoms with van der Waals surface area (Å²) in [6, 6.07) is -0.0156. The van der Waals surface area contributed by atoms with E-state index in [1.165, 1.54) is 0 Å². The van der Waals surface area contributed by atoms with E-state index in [0.717, 1.165) is 17.0 Å². The Morgan fingerprint density at radius 3 is 2.85 bits per heavy atom. The predicted molar refractivity (Wildman–Crippen MR) is 81.4 cm³/mol. The first kappa shape index (κ1) is 15.8. The average Bonchev–Trinajstić information content (AvgIpc) is 2.75. The largest absolute Gasteiger partial charge is 0.316 e. The average molecular weight is 318 g/mol. The first-order chi connectivity index (χ1) is 9.39. The van der Waals surface area contributed by atoms with Gasteiger partial charge in [-0.25, -0.2) is 8.42 Å². The lowest BCUT2D eigenvalue weighted by Gasteiger charge is -2.36. The molecule has 1 fully saturated rings. The molecule has 20 heavy (non-hydrogen) atoms. The summed E-state index contributed by atoms with van der Waals surface area (Å²) >= 11 is 1.81. The van der Waals surface area contributed by atoms with Crippen LogP contribution in [0.15, 0.2) is 5.03 Å². The van der Waals surface area contributed by atoms with Crippen LogP contribution in [0.2, 0.25) is 0 Å². The van der Waals surface area contributed by atoms with Gasteiger partial charge in [0.25, 0.3) is 10.0 Å². The Bertz CT molecular complexity index is 570. The lowest BCUT2D eigenvalue weighted by atomic mass is 10.2. The Morgan fingerprint density at radius 1 is 1.50 bits per heavy atom. The highest BCUT2D eigenvalue weighted by molar-refractivity contribution is 8.00. The molecule has 0 aromatic carbocycles. The van der Waals surface area contributed by atoms with Crippen molar-refractivity contribution in [3.05, 3.63) is 11.3 Å². The van der Waals surface area contributed by atoms with E-state index in [9.17, 15) is 8.42 Å². The molecule has 0 spiro atoms. The van der Waals surface area contributed by atoms with E-state index in [1.807, 2.05) is 25.6 Å².